The number of rotatable bonds is 8. The van der Waals surface area contributed by atoms with Gasteiger partial charge in [-0.1, -0.05) is 6.07 Å². The van der Waals surface area contributed by atoms with E-state index in [1.807, 2.05) is 5.38 Å². The third kappa shape index (κ3) is 4.02. The largest absolute Gasteiger partial charge is 0.464 e. The van der Waals surface area contributed by atoms with Crippen molar-refractivity contribution < 1.29 is 23.9 Å². The lowest BCUT2D eigenvalue weighted by atomic mass is 9.99. The molecular weight excluding hydrogens is 380 g/mol. The first kappa shape index (κ1) is 21.8. The highest BCUT2D eigenvalue weighted by atomic mass is 32.1. The second-order valence-corrected chi connectivity index (χ2v) is 7.44. The highest BCUT2D eigenvalue weighted by Crippen LogP contribution is 2.25. The zero-order valence-electron chi connectivity index (χ0n) is 17.1. The van der Waals surface area contributed by atoms with Crippen molar-refractivity contribution >= 4 is 29.0 Å². The van der Waals surface area contributed by atoms with Crippen molar-refractivity contribution in [2.75, 3.05) is 27.4 Å². The summed E-state index contributed by atoms with van der Waals surface area (Å²) >= 11 is 1.33. The van der Waals surface area contributed by atoms with Crippen molar-refractivity contribution in [1.82, 2.24) is 9.47 Å². The second kappa shape index (κ2) is 9.16. The standard InChI is InChI=1S/C20H26N2O5S/c1-12-16(13(2)21(4)17(12)20(25)27-6)18(23)14(3)22(9-10-26-5)19(24)15-8-7-11-28-15/h7-8,11,14H,9-10H2,1-6H3/t14-/m1/s1. The van der Waals surface area contributed by atoms with Crippen molar-refractivity contribution in [3.63, 3.8) is 0 Å². The third-order valence-electron chi connectivity index (χ3n) is 4.93. The van der Waals surface area contributed by atoms with Crippen LogP contribution in [0.1, 0.15) is 48.7 Å². The maximum Gasteiger partial charge on any atom is 0.354 e. The van der Waals surface area contributed by atoms with Gasteiger partial charge in [0.25, 0.3) is 5.91 Å². The maximum absolute atomic E-state index is 13.3. The molecule has 0 aliphatic heterocycles. The normalized spacial score (nSPS) is 11.9. The summed E-state index contributed by atoms with van der Waals surface area (Å²) < 4.78 is 11.6. The summed E-state index contributed by atoms with van der Waals surface area (Å²) in [6.07, 6.45) is 0. The minimum Gasteiger partial charge on any atom is -0.464 e. The number of carbonyl (C=O) groups excluding carboxylic acids is 3. The van der Waals surface area contributed by atoms with E-state index >= 15 is 0 Å². The Morgan fingerprint density at radius 2 is 1.93 bits per heavy atom. The van der Waals surface area contributed by atoms with E-state index in [9.17, 15) is 14.4 Å². The van der Waals surface area contributed by atoms with Crippen LogP contribution >= 0.6 is 11.3 Å². The molecule has 2 aromatic heterocycles. The van der Waals surface area contributed by atoms with Gasteiger partial charge in [0.15, 0.2) is 5.78 Å². The van der Waals surface area contributed by atoms with Gasteiger partial charge in [0, 0.05) is 32.0 Å². The summed E-state index contributed by atoms with van der Waals surface area (Å²) in [4.78, 5) is 40.5. The quantitative estimate of drug-likeness (QED) is 0.498. The van der Waals surface area contributed by atoms with Crippen LogP contribution in [0.3, 0.4) is 0 Å². The van der Waals surface area contributed by atoms with E-state index in [0.29, 0.717) is 34.0 Å². The predicted octanol–water partition coefficient (Wildman–Crippen LogP) is 2.85. The molecule has 0 aromatic carbocycles. The molecule has 0 aliphatic carbocycles. The molecule has 152 valence electrons. The van der Waals surface area contributed by atoms with Crippen LogP contribution in [0.5, 0.6) is 0 Å². The minimum absolute atomic E-state index is 0.215. The van der Waals surface area contributed by atoms with Crippen LogP contribution in [0, 0.1) is 13.8 Å². The van der Waals surface area contributed by atoms with Crippen molar-refractivity contribution in [2.24, 2.45) is 7.05 Å². The number of carbonyl (C=O) groups is 3. The molecule has 0 spiro atoms. The number of hydrogen-bond donors (Lipinski definition) is 0. The van der Waals surface area contributed by atoms with E-state index in [1.165, 1.54) is 23.3 Å². The lowest BCUT2D eigenvalue weighted by Gasteiger charge is -2.28. The predicted molar refractivity (Wildman–Crippen MR) is 107 cm³/mol. The summed E-state index contributed by atoms with van der Waals surface area (Å²) in [6.45, 7) is 5.80. The molecule has 0 bridgehead atoms. The van der Waals surface area contributed by atoms with E-state index in [4.69, 9.17) is 9.47 Å². The zero-order chi connectivity index (χ0) is 21.0. The smallest absolute Gasteiger partial charge is 0.354 e. The van der Waals surface area contributed by atoms with Gasteiger partial charge >= 0.3 is 5.97 Å². The Bertz CT molecular complexity index is 870. The van der Waals surface area contributed by atoms with Gasteiger partial charge in [0.2, 0.25) is 0 Å². The van der Waals surface area contributed by atoms with Crippen LogP contribution in [0.15, 0.2) is 17.5 Å². The first-order valence-electron chi connectivity index (χ1n) is 8.88. The Kier molecular flexibility index (Phi) is 7.15. The van der Waals surface area contributed by atoms with Crippen molar-refractivity contribution in [3.05, 3.63) is 44.9 Å². The van der Waals surface area contributed by atoms with Crippen LogP contribution in [0.4, 0.5) is 0 Å². The zero-order valence-corrected chi connectivity index (χ0v) is 17.9. The molecule has 0 radical (unpaired) electrons. The van der Waals surface area contributed by atoms with Gasteiger partial charge in [-0.25, -0.2) is 4.79 Å². The molecule has 0 saturated carbocycles. The molecular formula is C20H26N2O5S. The average molecular weight is 407 g/mol. The second-order valence-electron chi connectivity index (χ2n) is 6.49. The Balaban J connectivity index is 2.43. The summed E-state index contributed by atoms with van der Waals surface area (Å²) in [6, 6.07) is 2.82. The molecule has 8 heteroatoms. The van der Waals surface area contributed by atoms with Gasteiger partial charge in [-0.3, -0.25) is 9.59 Å². The first-order chi connectivity index (χ1) is 13.3. The topological polar surface area (TPSA) is 77.8 Å². The number of amides is 1. The van der Waals surface area contributed by atoms with Gasteiger partial charge in [-0.15, -0.1) is 11.3 Å². The van der Waals surface area contributed by atoms with Gasteiger partial charge in [0.1, 0.15) is 5.69 Å². The molecule has 2 aromatic rings. The van der Waals surface area contributed by atoms with Crippen LogP contribution in [0.2, 0.25) is 0 Å². The van der Waals surface area contributed by atoms with Gasteiger partial charge in [-0.2, -0.15) is 0 Å². The van der Waals surface area contributed by atoms with Gasteiger partial charge in [-0.05, 0) is 37.8 Å². The monoisotopic (exact) mass is 406 g/mol. The Hall–Kier alpha value is -2.45. The number of methoxy groups -OCH3 is 2. The SMILES string of the molecule is COCCN(C(=O)c1cccs1)[C@H](C)C(=O)c1c(C)c(C(=O)OC)n(C)c1C. The van der Waals surface area contributed by atoms with Crippen LogP contribution < -0.4 is 0 Å². The third-order valence-corrected chi connectivity index (χ3v) is 5.79. The molecule has 0 unspecified atom stereocenters. The lowest BCUT2D eigenvalue weighted by molar-refractivity contribution is 0.0566. The molecule has 0 fully saturated rings. The number of nitrogens with zero attached hydrogens (tertiary/aromatic N) is 2. The van der Waals surface area contributed by atoms with E-state index in [2.05, 4.69) is 0 Å². The van der Waals surface area contributed by atoms with Gasteiger partial charge in [0.05, 0.1) is 24.6 Å². The molecule has 0 aliphatic rings. The summed E-state index contributed by atoms with van der Waals surface area (Å²) in [7, 11) is 4.57. The summed E-state index contributed by atoms with van der Waals surface area (Å²) in [5.74, 6) is -0.935. The summed E-state index contributed by atoms with van der Waals surface area (Å²) in [5.41, 5.74) is 1.99. The lowest BCUT2D eigenvalue weighted by Crippen LogP contribution is -2.45. The van der Waals surface area contributed by atoms with Gasteiger partial charge < -0.3 is 18.9 Å². The number of ether oxygens (including phenoxy) is 2. The minimum atomic E-state index is -0.713. The number of aromatic nitrogens is 1. The first-order valence-corrected chi connectivity index (χ1v) is 9.75. The van der Waals surface area contributed by atoms with Crippen LogP contribution in [-0.4, -0.2) is 60.5 Å². The van der Waals surface area contributed by atoms with Crippen molar-refractivity contribution in [3.8, 4) is 0 Å². The Labute approximate surface area is 168 Å². The number of thiophene rings is 1. The Morgan fingerprint density at radius 3 is 2.46 bits per heavy atom. The fraction of sp³-hybridized carbons (Fsp3) is 0.450. The number of Topliss-reactive ketones (excluding diaryl/α,β-unsaturated/α-hetero) is 1. The molecule has 0 saturated heterocycles. The molecule has 1 amide bonds. The fourth-order valence-electron chi connectivity index (χ4n) is 3.28. The molecule has 28 heavy (non-hydrogen) atoms. The van der Waals surface area contributed by atoms with E-state index < -0.39 is 12.0 Å². The number of hydrogen-bond acceptors (Lipinski definition) is 6. The van der Waals surface area contributed by atoms with Crippen molar-refractivity contribution in [2.45, 2.75) is 26.8 Å². The Morgan fingerprint density at radius 1 is 1.25 bits per heavy atom. The average Bonchev–Trinajstić information content (AvgIpc) is 3.28. The number of esters is 1. The van der Waals surface area contributed by atoms with E-state index in [-0.39, 0.29) is 18.2 Å². The molecule has 2 rings (SSSR count). The molecule has 0 N–H and O–H groups in total. The van der Waals surface area contributed by atoms with E-state index in [0.717, 1.165) is 0 Å². The van der Waals surface area contributed by atoms with E-state index in [1.54, 1.807) is 51.6 Å². The highest BCUT2D eigenvalue weighted by Gasteiger charge is 2.32. The molecule has 1 atom stereocenters. The number of ketones is 1. The highest BCUT2D eigenvalue weighted by molar-refractivity contribution is 7.12. The summed E-state index contributed by atoms with van der Waals surface area (Å²) in [5, 5.41) is 1.82. The van der Waals surface area contributed by atoms with Crippen molar-refractivity contribution in [1.29, 1.82) is 0 Å². The molecule has 7 nitrogen and oxygen atoms in total. The van der Waals surface area contributed by atoms with Crippen LogP contribution in [-0.2, 0) is 16.5 Å². The molecule has 2 heterocycles. The fourth-order valence-corrected chi connectivity index (χ4v) is 3.96. The van der Waals surface area contributed by atoms with Crippen LogP contribution in [0.25, 0.3) is 0 Å². The maximum atomic E-state index is 13.3.